The number of anilines is 1. The van der Waals surface area contributed by atoms with Crippen molar-refractivity contribution in [3.8, 4) is 0 Å². The fourth-order valence-electron chi connectivity index (χ4n) is 2.31. The minimum atomic E-state index is -1.41. The van der Waals surface area contributed by atoms with E-state index in [9.17, 15) is 9.00 Å². The van der Waals surface area contributed by atoms with E-state index in [2.05, 4.69) is 10.3 Å². The Morgan fingerprint density at radius 2 is 2.16 bits per heavy atom. The lowest BCUT2D eigenvalue weighted by atomic mass is 9.95. The average molecular weight is 281 g/mol. The zero-order valence-electron chi connectivity index (χ0n) is 10.8. The van der Waals surface area contributed by atoms with Crippen molar-refractivity contribution in [3.05, 3.63) is 18.5 Å². The molecule has 0 bridgehead atoms. The quantitative estimate of drug-likeness (QED) is 0.869. The van der Waals surface area contributed by atoms with Crippen molar-refractivity contribution in [3.63, 3.8) is 0 Å². The number of hydrogen-bond acceptors (Lipinski definition) is 4. The van der Waals surface area contributed by atoms with Gasteiger partial charge in [0.25, 0.3) is 0 Å². The molecular formula is C13H19N3O2S. The summed E-state index contributed by atoms with van der Waals surface area (Å²) >= 11 is 0. The molecule has 2 rings (SSSR count). The summed E-state index contributed by atoms with van der Waals surface area (Å²) < 4.78 is 12.1. The maximum atomic E-state index is 12.1. The van der Waals surface area contributed by atoms with Gasteiger partial charge in [-0.3, -0.25) is 14.0 Å². The highest BCUT2D eigenvalue weighted by atomic mass is 32.2. The summed E-state index contributed by atoms with van der Waals surface area (Å²) in [4.78, 5) is 16.2. The van der Waals surface area contributed by atoms with E-state index < -0.39 is 10.8 Å². The number of nitrogens with zero attached hydrogens (tertiary/aromatic N) is 1. The van der Waals surface area contributed by atoms with Crippen LogP contribution in [0, 0.1) is 0 Å². The van der Waals surface area contributed by atoms with Crippen molar-refractivity contribution in [1.29, 1.82) is 0 Å². The summed E-state index contributed by atoms with van der Waals surface area (Å²) in [6.07, 6.45) is 8.59. The summed E-state index contributed by atoms with van der Waals surface area (Å²) in [6, 6.07) is 1.84. The third-order valence-corrected chi connectivity index (χ3v) is 4.67. The Bertz CT molecular complexity index is 473. The van der Waals surface area contributed by atoms with Crippen LogP contribution in [0.25, 0.3) is 0 Å². The standard InChI is InChI=1S/C13H19N3O2S/c14-11-8-15-7-6-12(11)19(18)9-13(17)16-10-4-2-1-3-5-10/h6-8,10H,1-5,9,14H2,(H,16,17). The Morgan fingerprint density at radius 3 is 2.84 bits per heavy atom. The second-order valence-electron chi connectivity index (χ2n) is 4.81. The van der Waals surface area contributed by atoms with Crippen LogP contribution in [0.2, 0.25) is 0 Å². The Kier molecular flexibility index (Phi) is 4.90. The molecule has 0 saturated heterocycles. The molecule has 0 radical (unpaired) electrons. The van der Waals surface area contributed by atoms with E-state index in [0.717, 1.165) is 25.7 Å². The van der Waals surface area contributed by atoms with Crippen molar-refractivity contribution in [2.45, 2.75) is 43.0 Å². The predicted octanol–water partition coefficient (Wildman–Crippen LogP) is 1.22. The summed E-state index contributed by atoms with van der Waals surface area (Å²) in [7, 11) is -1.41. The van der Waals surface area contributed by atoms with E-state index in [1.54, 1.807) is 6.07 Å². The minimum Gasteiger partial charge on any atom is -0.396 e. The maximum absolute atomic E-state index is 12.1. The Balaban J connectivity index is 1.88. The van der Waals surface area contributed by atoms with Crippen molar-refractivity contribution < 1.29 is 9.00 Å². The molecule has 5 nitrogen and oxygen atoms in total. The fourth-order valence-corrected chi connectivity index (χ4v) is 3.32. The van der Waals surface area contributed by atoms with Gasteiger partial charge >= 0.3 is 0 Å². The molecule has 3 N–H and O–H groups in total. The first-order valence-electron chi connectivity index (χ1n) is 6.54. The molecule has 1 atom stereocenters. The minimum absolute atomic E-state index is 0.0370. The van der Waals surface area contributed by atoms with E-state index in [4.69, 9.17) is 5.73 Å². The van der Waals surface area contributed by atoms with Crippen LogP contribution < -0.4 is 11.1 Å². The van der Waals surface area contributed by atoms with E-state index in [0.29, 0.717) is 10.6 Å². The number of nitrogens with one attached hydrogen (secondary N) is 1. The molecule has 1 saturated carbocycles. The van der Waals surface area contributed by atoms with Gasteiger partial charge in [0, 0.05) is 12.2 Å². The van der Waals surface area contributed by atoms with Crippen LogP contribution in [-0.4, -0.2) is 26.9 Å². The van der Waals surface area contributed by atoms with E-state index >= 15 is 0 Å². The molecular weight excluding hydrogens is 262 g/mol. The Morgan fingerprint density at radius 1 is 1.42 bits per heavy atom. The van der Waals surface area contributed by atoms with Gasteiger partial charge < -0.3 is 11.1 Å². The first kappa shape index (κ1) is 14.0. The van der Waals surface area contributed by atoms with Crippen LogP contribution in [0.15, 0.2) is 23.4 Å². The molecule has 104 valence electrons. The van der Waals surface area contributed by atoms with Crippen LogP contribution in [0.1, 0.15) is 32.1 Å². The highest BCUT2D eigenvalue weighted by Crippen LogP contribution is 2.18. The lowest BCUT2D eigenvalue weighted by Crippen LogP contribution is -2.38. The number of amides is 1. The summed E-state index contributed by atoms with van der Waals surface area (Å²) in [6.45, 7) is 0. The third kappa shape index (κ3) is 4.02. The number of pyridine rings is 1. The van der Waals surface area contributed by atoms with Gasteiger partial charge in [-0.25, -0.2) is 0 Å². The number of hydrogen-bond donors (Lipinski definition) is 2. The average Bonchev–Trinajstić information content (AvgIpc) is 2.40. The zero-order valence-corrected chi connectivity index (χ0v) is 11.6. The van der Waals surface area contributed by atoms with Crippen molar-refractivity contribution in [2.24, 2.45) is 0 Å². The van der Waals surface area contributed by atoms with Gasteiger partial charge in [0.05, 0.1) is 27.6 Å². The summed E-state index contributed by atoms with van der Waals surface area (Å²) in [5.41, 5.74) is 6.06. The molecule has 0 aliphatic heterocycles. The first-order chi connectivity index (χ1) is 9.16. The molecule has 1 heterocycles. The lowest BCUT2D eigenvalue weighted by molar-refractivity contribution is -0.119. The van der Waals surface area contributed by atoms with Gasteiger partial charge in [0.2, 0.25) is 5.91 Å². The maximum Gasteiger partial charge on any atom is 0.233 e. The van der Waals surface area contributed by atoms with Crippen LogP contribution >= 0.6 is 0 Å². The monoisotopic (exact) mass is 281 g/mol. The highest BCUT2D eigenvalue weighted by molar-refractivity contribution is 7.86. The normalized spacial score (nSPS) is 17.9. The first-order valence-corrected chi connectivity index (χ1v) is 7.86. The summed E-state index contributed by atoms with van der Waals surface area (Å²) in [5, 5.41) is 2.95. The molecule has 1 aliphatic carbocycles. The number of nitrogens with two attached hydrogens (primary N) is 1. The van der Waals surface area contributed by atoms with Crippen molar-refractivity contribution in [2.75, 3.05) is 11.5 Å². The largest absolute Gasteiger partial charge is 0.396 e. The number of aromatic nitrogens is 1. The third-order valence-electron chi connectivity index (χ3n) is 3.29. The van der Waals surface area contributed by atoms with E-state index in [1.165, 1.54) is 18.8 Å². The van der Waals surface area contributed by atoms with Crippen LogP contribution in [-0.2, 0) is 15.6 Å². The second kappa shape index (κ2) is 6.65. The van der Waals surface area contributed by atoms with Gasteiger partial charge in [-0.05, 0) is 18.9 Å². The topological polar surface area (TPSA) is 85.1 Å². The molecule has 1 aromatic rings. The van der Waals surface area contributed by atoms with E-state index in [1.807, 2.05) is 0 Å². The Hall–Kier alpha value is -1.43. The number of rotatable bonds is 4. The summed E-state index contributed by atoms with van der Waals surface area (Å²) in [5.74, 6) is -0.202. The molecule has 0 spiro atoms. The lowest BCUT2D eigenvalue weighted by Gasteiger charge is -2.22. The number of carbonyl (C=O) groups is 1. The zero-order chi connectivity index (χ0) is 13.7. The molecule has 1 aliphatic rings. The molecule has 19 heavy (non-hydrogen) atoms. The van der Waals surface area contributed by atoms with Crippen molar-refractivity contribution >= 4 is 22.4 Å². The van der Waals surface area contributed by atoms with Gasteiger partial charge in [0.15, 0.2) is 0 Å². The fraction of sp³-hybridized carbons (Fsp3) is 0.538. The molecule has 1 fully saturated rings. The number of nitrogen functional groups attached to an aromatic ring is 1. The smallest absolute Gasteiger partial charge is 0.233 e. The number of carbonyl (C=O) groups excluding carboxylic acids is 1. The molecule has 1 aromatic heterocycles. The van der Waals surface area contributed by atoms with Gasteiger partial charge in [0.1, 0.15) is 5.75 Å². The Labute approximate surface area is 115 Å². The molecule has 0 aromatic carbocycles. The van der Waals surface area contributed by atoms with Gasteiger partial charge in [-0.2, -0.15) is 0 Å². The molecule has 1 unspecified atom stereocenters. The second-order valence-corrected chi connectivity index (χ2v) is 6.23. The van der Waals surface area contributed by atoms with Crippen LogP contribution in [0.3, 0.4) is 0 Å². The van der Waals surface area contributed by atoms with E-state index in [-0.39, 0.29) is 17.7 Å². The van der Waals surface area contributed by atoms with Crippen LogP contribution in [0.4, 0.5) is 5.69 Å². The van der Waals surface area contributed by atoms with Gasteiger partial charge in [-0.15, -0.1) is 0 Å². The predicted molar refractivity (Wildman–Crippen MR) is 74.9 cm³/mol. The van der Waals surface area contributed by atoms with Gasteiger partial charge in [-0.1, -0.05) is 19.3 Å². The van der Waals surface area contributed by atoms with Crippen LogP contribution in [0.5, 0.6) is 0 Å². The van der Waals surface area contributed by atoms with Crippen molar-refractivity contribution in [1.82, 2.24) is 10.3 Å². The molecule has 1 amide bonds. The highest BCUT2D eigenvalue weighted by Gasteiger charge is 2.18. The molecule has 6 heteroatoms. The SMILES string of the molecule is Nc1cnccc1S(=O)CC(=O)NC1CCCCC1.